The molecule has 0 spiro atoms. The summed E-state index contributed by atoms with van der Waals surface area (Å²) in [6, 6.07) is 2.99. The average molecular weight is 295 g/mol. The van der Waals surface area contributed by atoms with Gasteiger partial charge in [0.25, 0.3) is 5.91 Å². The van der Waals surface area contributed by atoms with Crippen LogP contribution >= 0.6 is 0 Å². The van der Waals surface area contributed by atoms with E-state index < -0.39 is 23.7 Å². The van der Waals surface area contributed by atoms with Crippen LogP contribution < -0.4 is 4.74 Å². The highest BCUT2D eigenvalue weighted by atomic mass is 19.1. The SMILES string of the molecule is COc1cc(C(=O)N2CCCCCC2C(=O)O)ccc1F. The van der Waals surface area contributed by atoms with E-state index in [1.807, 2.05) is 0 Å². The number of carboxylic acid groups (broad SMARTS) is 1. The van der Waals surface area contributed by atoms with E-state index in [9.17, 15) is 19.1 Å². The first-order valence-electron chi connectivity index (χ1n) is 6.92. The van der Waals surface area contributed by atoms with Crippen LogP contribution in [0.15, 0.2) is 18.2 Å². The Hall–Kier alpha value is -2.11. The molecule has 1 heterocycles. The maximum Gasteiger partial charge on any atom is 0.326 e. The third-order valence-electron chi connectivity index (χ3n) is 3.70. The summed E-state index contributed by atoms with van der Waals surface area (Å²) in [7, 11) is 1.32. The summed E-state index contributed by atoms with van der Waals surface area (Å²) in [5.41, 5.74) is 0.237. The first kappa shape index (κ1) is 15.3. The van der Waals surface area contributed by atoms with Crippen molar-refractivity contribution in [1.29, 1.82) is 0 Å². The molecule has 1 amide bonds. The lowest BCUT2D eigenvalue weighted by molar-refractivity contribution is -0.142. The zero-order valence-corrected chi connectivity index (χ0v) is 11.8. The number of methoxy groups -OCH3 is 1. The molecule has 1 fully saturated rings. The second kappa shape index (κ2) is 6.56. The molecule has 0 bridgehead atoms. The van der Waals surface area contributed by atoms with Crippen LogP contribution in [0.25, 0.3) is 0 Å². The lowest BCUT2D eigenvalue weighted by Gasteiger charge is -2.27. The molecule has 114 valence electrons. The number of nitrogens with zero attached hydrogens (tertiary/aromatic N) is 1. The number of halogens is 1. The van der Waals surface area contributed by atoms with E-state index in [1.54, 1.807) is 0 Å². The molecular formula is C15H18FNO4. The highest BCUT2D eigenvalue weighted by molar-refractivity contribution is 5.97. The van der Waals surface area contributed by atoms with E-state index in [0.717, 1.165) is 25.3 Å². The number of benzene rings is 1. The largest absolute Gasteiger partial charge is 0.494 e. The molecule has 1 unspecified atom stereocenters. The van der Waals surface area contributed by atoms with E-state index in [-0.39, 0.29) is 11.3 Å². The van der Waals surface area contributed by atoms with Gasteiger partial charge in [-0.05, 0) is 31.0 Å². The molecule has 0 radical (unpaired) electrons. The number of hydrogen-bond donors (Lipinski definition) is 1. The van der Waals surface area contributed by atoms with E-state index in [4.69, 9.17) is 4.74 Å². The quantitative estimate of drug-likeness (QED) is 0.929. The summed E-state index contributed by atoms with van der Waals surface area (Å²) in [5, 5.41) is 9.30. The molecular weight excluding hydrogens is 277 g/mol. The summed E-state index contributed by atoms with van der Waals surface area (Å²) in [6.45, 7) is 0.398. The Labute approximate surface area is 122 Å². The number of rotatable bonds is 3. The van der Waals surface area contributed by atoms with Crippen molar-refractivity contribution in [3.8, 4) is 5.75 Å². The Morgan fingerprint density at radius 1 is 1.33 bits per heavy atom. The van der Waals surface area contributed by atoms with Gasteiger partial charge in [0.2, 0.25) is 0 Å². The van der Waals surface area contributed by atoms with Crippen molar-refractivity contribution < 1.29 is 23.8 Å². The molecule has 1 aliphatic heterocycles. The molecule has 1 N–H and O–H groups in total. The minimum Gasteiger partial charge on any atom is -0.494 e. The Bertz CT molecular complexity index is 546. The number of carbonyl (C=O) groups excluding carboxylic acids is 1. The number of ether oxygens (including phenoxy) is 1. The second-order valence-corrected chi connectivity index (χ2v) is 5.05. The van der Waals surface area contributed by atoms with Gasteiger partial charge >= 0.3 is 5.97 Å². The minimum atomic E-state index is -1.00. The average Bonchev–Trinajstić information content (AvgIpc) is 2.72. The van der Waals surface area contributed by atoms with Crippen molar-refractivity contribution in [3.05, 3.63) is 29.6 Å². The molecule has 21 heavy (non-hydrogen) atoms. The topological polar surface area (TPSA) is 66.8 Å². The summed E-state index contributed by atoms with van der Waals surface area (Å²) in [6.07, 6.45) is 2.90. The number of aliphatic carboxylic acids is 1. The molecule has 1 aromatic carbocycles. The molecule has 6 heteroatoms. The van der Waals surface area contributed by atoms with Crippen LogP contribution in [-0.2, 0) is 4.79 Å². The zero-order chi connectivity index (χ0) is 15.4. The van der Waals surface area contributed by atoms with Crippen LogP contribution in [0.4, 0.5) is 4.39 Å². The normalized spacial score (nSPS) is 19.0. The summed E-state index contributed by atoms with van der Waals surface area (Å²) in [4.78, 5) is 25.2. The van der Waals surface area contributed by atoms with Crippen LogP contribution in [-0.4, -0.2) is 41.6 Å². The zero-order valence-electron chi connectivity index (χ0n) is 11.8. The van der Waals surface area contributed by atoms with Gasteiger partial charge in [0.1, 0.15) is 6.04 Å². The molecule has 0 saturated carbocycles. The molecule has 2 rings (SSSR count). The smallest absolute Gasteiger partial charge is 0.326 e. The van der Waals surface area contributed by atoms with Gasteiger partial charge in [0.15, 0.2) is 11.6 Å². The lowest BCUT2D eigenvalue weighted by Crippen LogP contribution is -2.44. The maximum absolute atomic E-state index is 13.4. The number of hydrogen-bond acceptors (Lipinski definition) is 3. The second-order valence-electron chi connectivity index (χ2n) is 5.05. The molecule has 0 aromatic heterocycles. The predicted octanol–water partition coefficient (Wildman–Crippen LogP) is 2.30. The van der Waals surface area contributed by atoms with Crippen molar-refractivity contribution in [2.24, 2.45) is 0 Å². The fourth-order valence-electron chi connectivity index (χ4n) is 2.57. The molecule has 0 aliphatic carbocycles. The number of carboxylic acids is 1. The fourth-order valence-corrected chi connectivity index (χ4v) is 2.57. The highest BCUT2D eigenvalue weighted by Gasteiger charge is 2.31. The fraction of sp³-hybridized carbons (Fsp3) is 0.467. The first-order chi connectivity index (χ1) is 10.0. The van der Waals surface area contributed by atoms with E-state index >= 15 is 0 Å². The van der Waals surface area contributed by atoms with Crippen LogP contribution in [0.5, 0.6) is 5.75 Å². The maximum atomic E-state index is 13.4. The van der Waals surface area contributed by atoms with E-state index in [0.29, 0.717) is 13.0 Å². The molecule has 1 aliphatic rings. The van der Waals surface area contributed by atoms with Gasteiger partial charge in [0, 0.05) is 12.1 Å². The van der Waals surface area contributed by atoms with Gasteiger partial charge in [-0.2, -0.15) is 0 Å². The molecule has 1 atom stereocenters. The Kier molecular flexibility index (Phi) is 4.77. The standard InChI is InChI=1S/C15H18FNO4/c1-21-13-9-10(6-7-11(13)16)14(18)17-8-4-2-3-5-12(17)15(19)20/h6-7,9,12H,2-5,8H2,1H3,(H,19,20). The third kappa shape index (κ3) is 3.32. The van der Waals surface area contributed by atoms with Crippen molar-refractivity contribution in [2.75, 3.05) is 13.7 Å². The van der Waals surface area contributed by atoms with Crippen molar-refractivity contribution in [1.82, 2.24) is 4.90 Å². The van der Waals surface area contributed by atoms with Gasteiger partial charge in [0.05, 0.1) is 7.11 Å². The lowest BCUT2D eigenvalue weighted by atomic mass is 10.1. The van der Waals surface area contributed by atoms with Crippen LogP contribution in [0, 0.1) is 5.82 Å². The number of carbonyl (C=O) groups is 2. The number of likely N-dealkylation sites (tertiary alicyclic amines) is 1. The van der Waals surface area contributed by atoms with Gasteiger partial charge in [-0.25, -0.2) is 9.18 Å². The van der Waals surface area contributed by atoms with Crippen molar-refractivity contribution in [3.63, 3.8) is 0 Å². The van der Waals surface area contributed by atoms with E-state index in [2.05, 4.69) is 0 Å². The van der Waals surface area contributed by atoms with Crippen molar-refractivity contribution >= 4 is 11.9 Å². The van der Waals surface area contributed by atoms with Crippen LogP contribution in [0.2, 0.25) is 0 Å². The van der Waals surface area contributed by atoms with Crippen LogP contribution in [0.1, 0.15) is 36.0 Å². The van der Waals surface area contributed by atoms with Gasteiger partial charge < -0.3 is 14.7 Å². The molecule has 1 aromatic rings. The van der Waals surface area contributed by atoms with Crippen LogP contribution in [0.3, 0.4) is 0 Å². The predicted molar refractivity (Wildman–Crippen MR) is 73.9 cm³/mol. The Morgan fingerprint density at radius 3 is 2.76 bits per heavy atom. The van der Waals surface area contributed by atoms with Gasteiger partial charge in [-0.1, -0.05) is 12.8 Å². The Balaban J connectivity index is 2.29. The summed E-state index contributed by atoms with van der Waals surface area (Å²) in [5.74, 6) is -1.98. The van der Waals surface area contributed by atoms with Gasteiger partial charge in [-0.3, -0.25) is 4.79 Å². The third-order valence-corrected chi connectivity index (χ3v) is 3.70. The minimum absolute atomic E-state index is 0.0254. The first-order valence-corrected chi connectivity index (χ1v) is 6.92. The Morgan fingerprint density at radius 2 is 2.10 bits per heavy atom. The molecule has 1 saturated heterocycles. The number of amides is 1. The van der Waals surface area contributed by atoms with Crippen molar-refractivity contribution in [2.45, 2.75) is 31.7 Å². The summed E-state index contributed by atoms with van der Waals surface area (Å²) >= 11 is 0. The summed E-state index contributed by atoms with van der Waals surface area (Å²) < 4.78 is 18.3. The highest BCUT2D eigenvalue weighted by Crippen LogP contribution is 2.23. The van der Waals surface area contributed by atoms with E-state index in [1.165, 1.54) is 24.1 Å². The van der Waals surface area contributed by atoms with Gasteiger partial charge in [-0.15, -0.1) is 0 Å². The monoisotopic (exact) mass is 295 g/mol. The molecule has 5 nitrogen and oxygen atoms in total.